The summed E-state index contributed by atoms with van der Waals surface area (Å²) in [6, 6.07) is 12.2. The fourth-order valence-corrected chi connectivity index (χ4v) is 2.35. The molecule has 112 valence electrons. The Kier molecular flexibility index (Phi) is 5.58. The first-order valence-electron chi connectivity index (χ1n) is 7.07. The lowest BCUT2D eigenvalue weighted by Crippen LogP contribution is -2.17. The zero-order valence-corrected chi connectivity index (χ0v) is 12.8. The number of hydrogen-bond acceptors (Lipinski definition) is 4. The molecular formula is C17H22N2O2. The van der Waals surface area contributed by atoms with Gasteiger partial charge in [-0.3, -0.25) is 4.98 Å². The number of hydrogen-bond donors (Lipinski definition) is 1. The van der Waals surface area contributed by atoms with Crippen LogP contribution in [-0.4, -0.2) is 26.3 Å². The van der Waals surface area contributed by atoms with E-state index in [4.69, 9.17) is 9.47 Å². The van der Waals surface area contributed by atoms with E-state index in [1.165, 1.54) is 0 Å². The van der Waals surface area contributed by atoms with E-state index >= 15 is 0 Å². The van der Waals surface area contributed by atoms with Gasteiger partial charge < -0.3 is 14.8 Å². The quantitative estimate of drug-likeness (QED) is 0.849. The second kappa shape index (κ2) is 7.64. The van der Waals surface area contributed by atoms with Crippen molar-refractivity contribution in [2.45, 2.75) is 18.9 Å². The molecule has 4 heteroatoms. The van der Waals surface area contributed by atoms with Crippen molar-refractivity contribution in [2.75, 3.05) is 21.3 Å². The van der Waals surface area contributed by atoms with Gasteiger partial charge in [0.1, 0.15) is 11.5 Å². The summed E-state index contributed by atoms with van der Waals surface area (Å²) >= 11 is 0. The van der Waals surface area contributed by atoms with Gasteiger partial charge in [0.15, 0.2) is 0 Å². The topological polar surface area (TPSA) is 43.4 Å². The van der Waals surface area contributed by atoms with Crippen molar-refractivity contribution < 1.29 is 9.47 Å². The molecule has 2 rings (SSSR count). The standard InChI is InChI=1S/C17H22N2O2/c1-18-17(8-7-14-6-4-5-9-19-14)13-10-15(20-2)12-16(11-13)21-3/h4-6,9-12,17-18H,7-8H2,1-3H3. The molecule has 1 atom stereocenters. The summed E-state index contributed by atoms with van der Waals surface area (Å²) in [5, 5.41) is 3.35. The Balaban J connectivity index is 2.13. The summed E-state index contributed by atoms with van der Waals surface area (Å²) in [6.07, 6.45) is 3.72. The number of aromatic nitrogens is 1. The normalized spacial score (nSPS) is 12.0. The van der Waals surface area contributed by atoms with E-state index in [-0.39, 0.29) is 6.04 Å². The SMILES string of the molecule is CNC(CCc1ccccn1)c1cc(OC)cc(OC)c1. The lowest BCUT2D eigenvalue weighted by Gasteiger charge is -2.18. The highest BCUT2D eigenvalue weighted by atomic mass is 16.5. The van der Waals surface area contributed by atoms with E-state index in [0.717, 1.165) is 35.6 Å². The van der Waals surface area contributed by atoms with E-state index < -0.39 is 0 Å². The molecule has 0 saturated carbocycles. The van der Waals surface area contributed by atoms with Crippen LogP contribution < -0.4 is 14.8 Å². The van der Waals surface area contributed by atoms with E-state index in [1.54, 1.807) is 14.2 Å². The van der Waals surface area contributed by atoms with Crippen molar-refractivity contribution in [2.24, 2.45) is 0 Å². The van der Waals surface area contributed by atoms with Crippen molar-refractivity contribution in [1.82, 2.24) is 10.3 Å². The minimum absolute atomic E-state index is 0.232. The van der Waals surface area contributed by atoms with E-state index in [9.17, 15) is 0 Å². The van der Waals surface area contributed by atoms with Crippen molar-refractivity contribution in [3.05, 3.63) is 53.9 Å². The van der Waals surface area contributed by atoms with E-state index in [2.05, 4.69) is 16.4 Å². The predicted octanol–water partition coefficient (Wildman–Crippen LogP) is 2.99. The number of nitrogens with zero attached hydrogens (tertiary/aromatic N) is 1. The second-order valence-corrected chi connectivity index (χ2v) is 4.85. The van der Waals surface area contributed by atoms with Crippen LogP contribution in [0.3, 0.4) is 0 Å². The third kappa shape index (κ3) is 4.20. The molecule has 1 aromatic heterocycles. The van der Waals surface area contributed by atoms with Gasteiger partial charge in [0, 0.05) is 24.0 Å². The van der Waals surface area contributed by atoms with Crippen molar-refractivity contribution in [3.8, 4) is 11.5 Å². The van der Waals surface area contributed by atoms with Gasteiger partial charge in [-0.05, 0) is 49.7 Å². The molecule has 2 aromatic rings. The summed E-state index contributed by atoms with van der Waals surface area (Å²) in [5.74, 6) is 1.62. The second-order valence-electron chi connectivity index (χ2n) is 4.85. The summed E-state index contributed by atoms with van der Waals surface area (Å²) in [6.45, 7) is 0. The van der Waals surface area contributed by atoms with Crippen LogP contribution in [-0.2, 0) is 6.42 Å². The third-order valence-electron chi connectivity index (χ3n) is 3.54. The first kappa shape index (κ1) is 15.3. The predicted molar refractivity (Wildman–Crippen MR) is 83.9 cm³/mol. The minimum Gasteiger partial charge on any atom is -0.497 e. The molecule has 0 spiro atoms. The van der Waals surface area contributed by atoms with E-state index in [1.807, 2.05) is 43.6 Å². The van der Waals surface area contributed by atoms with Crippen LogP contribution in [0.5, 0.6) is 11.5 Å². The number of nitrogens with one attached hydrogen (secondary N) is 1. The Bertz CT molecular complexity index is 536. The Labute approximate surface area is 126 Å². The molecule has 0 aliphatic heterocycles. The maximum absolute atomic E-state index is 5.33. The molecule has 1 heterocycles. The molecule has 21 heavy (non-hydrogen) atoms. The van der Waals surface area contributed by atoms with Gasteiger partial charge in [-0.15, -0.1) is 0 Å². The zero-order chi connectivity index (χ0) is 15.1. The molecule has 0 bridgehead atoms. The number of benzene rings is 1. The lowest BCUT2D eigenvalue weighted by atomic mass is 10.0. The average molecular weight is 286 g/mol. The highest BCUT2D eigenvalue weighted by Crippen LogP contribution is 2.28. The van der Waals surface area contributed by atoms with Crippen molar-refractivity contribution in [1.29, 1.82) is 0 Å². The van der Waals surface area contributed by atoms with Crippen LogP contribution in [0.2, 0.25) is 0 Å². The average Bonchev–Trinajstić information content (AvgIpc) is 2.56. The molecule has 1 unspecified atom stereocenters. The van der Waals surface area contributed by atoms with Gasteiger partial charge >= 0.3 is 0 Å². The summed E-state index contributed by atoms with van der Waals surface area (Å²) in [4.78, 5) is 4.37. The molecule has 4 nitrogen and oxygen atoms in total. The molecule has 0 saturated heterocycles. The van der Waals surface area contributed by atoms with Crippen LogP contribution >= 0.6 is 0 Å². The minimum atomic E-state index is 0.232. The van der Waals surface area contributed by atoms with Gasteiger partial charge in [-0.2, -0.15) is 0 Å². The Morgan fingerprint density at radius 1 is 1.10 bits per heavy atom. The number of pyridine rings is 1. The Morgan fingerprint density at radius 2 is 1.81 bits per heavy atom. The fraction of sp³-hybridized carbons (Fsp3) is 0.353. The van der Waals surface area contributed by atoms with Crippen LogP contribution in [0.4, 0.5) is 0 Å². The maximum Gasteiger partial charge on any atom is 0.122 e. The number of rotatable bonds is 7. The fourth-order valence-electron chi connectivity index (χ4n) is 2.35. The Morgan fingerprint density at radius 3 is 2.33 bits per heavy atom. The smallest absolute Gasteiger partial charge is 0.122 e. The highest BCUT2D eigenvalue weighted by molar-refractivity contribution is 5.39. The maximum atomic E-state index is 5.33. The van der Waals surface area contributed by atoms with Crippen LogP contribution in [0.1, 0.15) is 23.7 Å². The van der Waals surface area contributed by atoms with Gasteiger partial charge in [0.05, 0.1) is 14.2 Å². The largest absolute Gasteiger partial charge is 0.497 e. The summed E-state index contributed by atoms with van der Waals surface area (Å²) < 4.78 is 10.7. The number of methoxy groups -OCH3 is 2. The van der Waals surface area contributed by atoms with Crippen LogP contribution in [0, 0.1) is 0 Å². The van der Waals surface area contributed by atoms with Gasteiger partial charge in [0.2, 0.25) is 0 Å². The number of aryl methyl sites for hydroxylation is 1. The molecular weight excluding hydrogens is 264 g/mol. The molecule has 0 aliphatic rings. The molecule has 1 aromatic carbocycles. The van der Waals surface area contributed by atoms with Gasteiger partial charge in [-0.25, -0.2) is 0 Å². The molecule has 0 amide bonds. The molecule has 0 aliphatic carbocycles. The first-order valence-corrected chi connectivity index (χ1v) is 7.07. The van der Waals surface area contributed by atoms with Crippen molar-refractivity contribution in [3.63, 3.8) is 0 Å². The van der Waals surface area contributed by atoms with Crippen molar-refractivity contribution >= 4 is 0 Å². The summed E-state index contributed by atoms with van der Waals surface area (Å²) in [5.41, 5.74) is 2.26. The highest BCUT2D eigenvalue weighted by Gasteiger charge is 2.12. The number of ether oxygens (including phenoxy) is 2. The van der Waals surface area contributed by atoms with Crippen LogP contribution in [0.25, 0.3) is 0 Å². The van der Waals surface area contributed by atoms with Crippen LogP contribution in [0.15, 0.2) is 42.6 Å². The van der Waals surface area contributed by atoms with Gasteiger partial charge in [-0.1, -0.05) is 6.07 Å². The third-order valence-corrected chi connectivity index (χ3v) is 3.54. The Hall–Kier alpha value is -2.07. The van der Waals surface area contributed by atoms with E-state index in [0.29, 0.717) is 0 Å². The van der Waals surface area contributed by atoms with Gasteiger partial charge in [0.25, 0.3) is 0 Å². The molecule has 1 N–H and O–H groups in total. The summed E-state index contributed by atoms with van der Waals surface area (Å²) in [7, 11) is 5.30. The first-order chi connectivity index (χ1) is 10.3. The zero-order valence-electron chi connectivity index (χ0n) is 12.8. The molecule has 0 fully saturated rings. The molecule has 0 radical (unpaired) electrons. The lowest BCUT2D eigenvalue weighted by molar-refractivity contribution is 0.391. The monoisotopic (exact) mass is 286 g/mol.